The number of hydrogen-bond donors (Lipinski definition) is 2. The van der Waals surface area contributed by atoms with E-state index in [-0.39, 0.29) is 33.3 Å². The van der Waals surface area contributed by atoms with Crippen LogP contribution in [0.15, 0.2) is 30.3 Å². The lowest BCUT2D eigenvalue weighted by atomic mass is 10.1. The lowest BCUT2D eigenvalue weighted by molar-refractivity contribution is -0.0756. The number of anilines is 2. The molecular formula is C16H20N6O7S. The van der Waals surface area contributed by atoms with Crippen molar-refractivity contribution in [3.8, 4) is 11.8 Å². The number of hydrogen-bond acceptors (Lipinski definition) is 9. The zero-order valence-electron chi connectivity index (χ0n) is 16.5. The van der Waals surface area contributed by atoms with Crippen LogP contribution < -0.4 is 24.2 Å². The summed E-state index contributed by atoms with van der Waals surface area (Å²) in [4.78, 5) is 38.0. The summed E-state index contributed by atoms with van der Waals surface area (Å²) in [5.41, 5.74) is -0.462. The average Bonchev–Trinajstić information content (AvgIpc) is 2.71. The Bertz CT molecular complexity index is 1020. The van der Waals surface area contributed by atoms with Crippen molar-refractivity contribution in [2.24, 2.45) is 5.14 Å². The van der Waals surface area contributed by atoms with Crippen molar-refractivity contribution in [3.63, 3.8) is 0 Å². The molecule has 0 saturated carbocycles. The summed E-state index contributed by atoms with van der Waals surface area (Å²) in [6.45, 7) is 0. The molecule has 2 aromatic rings. The number of nitrogens with zero attached hydrogens (tertiary/aromatic N) is 4. The number of benzene rings is 1. The smallest absolute Gasteiger partial charge is 0.343 e. The largest absolute Gasteiger partial charge is 0.481 e. The van der Waals surface area contributed by atoms with Crippen molar-refractivity contribution in [3.05, 3.63) is 35.9 Å². The fourth-order valence-corrected chi connectivity index (χ4v) is 2.97. The molecule has 1 aromatic heterocycles. The van der Waals surface area contributed by atoms with Crippen LogP contribution in [0, 0.1) is 0 Å². The summed E-state index contributed by atoms with van der Waals surface area (Å²) in [5, 5.41) is 8.30. The number of methoxy groups -OCH3 is 2. The molecule has 162 valence electrons. The molecule has 3 amide bonds. The molecule has 0 aliphatic heterocycles. The number of rotatable bonds is 7. The minimum atomic E-state index is -4.67. The fourth-order valence-electron chi connectivity index (χ4n) is 2.26. The van der Waals surface area contributed by atoms with E-state index >= 15 is 0 Å². The summed E-state index contributed by atoms with van der Waals surface area (Å²) < 4.78 is 34.6. The van der Waals surface area contributed by atoms with Crippen molar-refractivity contribution >= 4 is 33.8 Å². The number of para-hydroxylation sites is 1. The van der Waals surface area contributed by atoms with Crippen molar-refractivity contribution in [1.29, 1.82) is 0 Å². The molecule has 2 rings (SSSR count). The molecule has 0 spiro atoms. The van der Waals surface area contributed by atoms with Crippen molar-refractivity contribution in [2.75, 3.05) is 38.0 Å². The number of urea groups is 1. The monoisotopic (exact) mass is 440 g/mol. The van der Waals surface area contributed by atoms with Crippen LogP contribution in [0.25, 0.3) is 0 Å². The van der Waals surface area contributed by atoms with Gasteiger partial charge >= 0.3 is 16.2 Å². The van der Waals surface area contributed by atoms with Gasteiger partial charge in [0.15, 0.2) is 0 Å². The molecular weight excluding hydrogens is 420 g/mol. The number of nitrogens with one attached hydrogen (secondary N) is 1. The summed E-state index contributed by atoms with van der Waals surface area (Å²) in [7, 11) is 0.562. The molecule has 1 aromatic carbocycles. The minimum absolute atomic E-state index is 0.0524. The van der Waals surface area contributed by atoms with Crippen LogP contribution in [0.2, 0.25) is 0 Å². The predicted molar refractivity (Wildman–Crippen MR) is 105 cm³/mol. The van der Waals surface area contributed by atoms with Gasteiger partial charge in [-0.25, -0.2) is 15.0 Å². The first-order valence-corrected chi connectivity index (χ1v) is 9.65. The Morgan fingerprint density at radius 1 is 1.07 bits per heavy atom. The van der Waals surface area contributed by atoms with Crippen LogP contribution in [-0.4, -0.2) is 63.8 Å². The second-order valence-electron chi connectivity index (χ2n) is 5.52. The molecule has 0 fully saturated rings. The van der Waals surface area contributed by atoms with Gasteiger partial charge in [0, 0.05) is 7.05 Å². The second kappa shape index (κ2) is 9.34. The molecule has 14 heteroatoms. The first-order valence-electron chi connectivity index (χ1n) is 8.14. The Labute approximate surface area is 172 Å². The molecule has 30 heavy (non-hydrogen) atoms. The topological polar surface area (TPSA) is 166 Å². The van der Waals surface area contributed by atoms with Gasteiger partial charge in [0.1, 0.15) is 0 Å². The average molecular weight is 440 g/mol. The maximum absolute atomic E-state index is 12.8. The van der Waals surface area contributed by atoms with Crippen LogP contribution >= 0.6 is 0 Å². The van der Waals surface area contributed by atoms with Gasteiger partial charge in [0.2, 0.25) is 17.7 Å². The summed E-state index contributed by atoms with van der Waals surface area (Å²) in [6.07, 6.45) is 0. The minimum Gasteiger partial charge on any atom is -0.481 e. The van der Waals surface area contributed by atoms with Crippen LogP contribution in [0.3, 0.4) is 0 Å². The van der Waals surface area contributed by atoms with E-state index in [9.17, 15) is 18.0 Å². The first-order chi connectivity index (χ1) is 14.1. The number of ether oxygens (including phenoxy) is 2. The number of hydroxylamine groups is 2. The predicted octanol–water partition coefficient (Wildman–Crippen LogP) is 0.369. The highest BCUT2D eigenvalue weighted by atomic mass is 32.2. The van der Waals surface area contributed by atoms with Gasteiger partial charge in [-0.2, -0.15) is 22.7 Å². The highest BCUT2D eigenvalue weighted by Crippen LogP contribution is 2.25. The lowest BCUT2D eigenvalue weighted by Crippen LogP contribution is -2.45. The van der Waals surface area contributed by atoms with Gasteiger partial charge in [-0.15, -0.1) is 0 Å². The van der Waals surface area contributed by atoms with Gasteiger partial charge in [-0.05, 0) is 12.1 Å². The summed E-state index contributed by atoms with van der Waals surface area (Å²) in [5.74, 6) is -0.926. The number of aromatic nitrogens is 2. The van der Waals surface area contributed by atoms with Gasteiger partial charge in [-0.1, -0.05) is 12.1 Å². The van der Waals surface area contributed by atoms with Gasteiger partial charge in [0.05, 0.1) is 38.6 Å². The normalized spacial score (nSPS) is 10.8. The molecule has 3 N–H and O–H groups in total. The molecule has 0 aliphatic carbocycles. The summed E-state index contributed by atoms with van der Waals surface area (Å²) >= 11 is 0. The maximum Gasteiger partial charge on any atom is 0.343 e. The summed E-state index contributed by atoms with van der Waals surface area (Å²) in [6, 6.07) is 5.55. The van der Waals surface area contributed by atoms with Crippen molar-refractivity contribution in [2.45, 2.75) is 0 Å². The van der Waals surface area contributed by atoms with E-state index in [0.29, 0.717) is 0 Å². The molecule has 0 atom stereocenters. The Kier molecular flexibility index (Phi) is 7.10. The van der Waals surface area contributed by atoms with E-state index in [1.165, 1.54) is 58.7 Å². The van der Waals surface area contributed by atoms with Crippen molar-refractivity contribution < 1.29 is 32.3 Å². The Morgan fingerprint density at radius 2 is 1.63 bits per heavy atom. The van der Waals surface area contributed by atoms with E-state index in [2.05, 4.69) is 15.3 Å². The van der Waals surface area contributed by atoms with Gasteiger partial charge < -0.3 is 9.47 Å². The standard InChI is InChI=1S/C16H20N6O7S/c1-21(29-4)14(23)10-7-5-6-8-11(10)22(30(17,25)26)16(24)20-15-18-12(27-2)9-13(19-15)28-3/h5-9H,1-4H3,(H2,17,25,26)(H,18,19,20,24). The molecule has 0 unspecified atom stereocenters. The van der Waals surface area contributed by atoms with Crippen LogP contribution in [0.4, 0.5) is 16.4 Å². The third-order valence-corrected chi connectivity index (χ3v) is 4.54. The zero-order valence-corrected chi connectivity index (χ0v) is 17.3. The second-order valence-corrected chi connectivity index (χ2v) is 6.91. The Hall–Kier alpha value is -3.49. The van der Waals surface area contributed by atoms with Gasteiger partial charge in [0.25, 0.3) is 5.91 Å². The number of nitrogens with two attached hydrogens (primary N) is 1. The Balaban J connectivity index is 2.51. The molecule has 0 bridgehead atoms. The highest BCUT2D eigenvalue weighted by molar-refractivity contribution is 7.91. The molecule has 0 radical (unpaired) electrons. The first kappa shape index (κ1) is 22.8. The van der Waals surface area contributed by atoms with E-state index in [4.69, 9.17) is 19.5 Å². The number of amides is 3. The maximum atomic E-state index is 12.8. The van der Waals surface area contributed by atoms with Crippen LogP contribution in [0.1, 0.15) is 10.4 Å². The van der Waals surface area contributed by atoms with E-state index in [1.54, 1.807) is 0 Å². The molecule has 1 heterocycles. The third-order valence-electron chi connectivity index (χ3n) is 3.67. The number of carbonyl (C=O) groups is 2. The van der Waals surface area contributed by atoms with Crippen LogP contribution in [0.5, 0.6) is 11.8 Å². The zero-order chi connectivity index (χ0) is 22.5. The SMILES string of the molecule is COc1cc(OC)nc(NC(=O)N(c2ccccc2C(=O)N(C)OC)S(N)(=O)=O)n1. The van der Waals surface area contributed by atoms with E-state index < -0.39 is 22.1 Å². The molecule has 13 nitrogen and oxygen atoms in total. The van der Waals surface area contributed by atoms with Crippen LogP contribution in [-0.2, 0) is 15.0 Å². The third kappa shape index (κ3) is 5.11. The van der Waals surface area contributed by atoms with Crippen molar-refractivity contribution in [1.82, 2.24) is 15.0 Å². The van der Waals surface area contributed by atoms with Gasteiger partial charge in [-0.3, -0.25) is 14.9 Å². The Morgan fingerprint density at radius 3 is 2.13 bits per heavy atom. The molecule has 0 aliphatic rings. The molecule has 0 saturated heterocycles. The number of carbonyl (C=O) groups excluding carboxylic acids is 2. The van der Waals surface area contributed by atoms with E-state index in [1.807, 2.05) is 0 Å². The lowest BCUT2D eigenvalue weighted by Gasteiger charge is -2.23. The quantitative estimate of drug-likeness (QED) is 0.578. The van der Waals surface area contributed by atoms with E-state index in [0.717, 1.165) is 5.06 Å². The fraction of sp³-hybridized carbons (Fsp3) is 0.250. The highest BCUT2D eigenvalue weighted by Gasteiger charge is 2.31.